The molecule has 1 amide bonds. The molecule has 1 aromatic carbocycles. The Labute approximate surface area is 97.5 Å². The Balaban J connectivity index is 2.83. The third kappa shape index (κ3) is 3.85. The molecule has 0 fully saturated rings. The highest BCUT2D eigenvalue weighted by molar-refractivity contribution is 5.73. The Kier molecular flexibility index (Phi) is 4.61. The molecule has 1 rings (SSSR count). The highest BCUT2D eigenvalue weighted by atomic mass is 19.1. The van der Waals surface area contributed by atoms with Crippen molar-refractivity contribution in [1.82, 2.24) is 5.32 Å². The lowest BCUT2D eigenvalue weighted by molar-refractivity contribution is -0.118. The number of carbonyl (C=O) groups excluding carboxylic acids is 1. The van der Waals surface area contributed by atoms with Crippen LogP contribution in [0.4, 0.5) is 8.78 Å². The molecule has 0 radical (unpaired) electrons. The number of halogens is 2. The van der Waals surface area contributed by atoms with E-state index in [4.69, 9.17) is 5.11 Å². The van der Waals surface area contributed by atoms with Gasteiger partial charge in [-0.3, -0.25) is 4.79 Å². The fourth-order valence-electron chi connectivity index (χ4n) is 1.14. The molecule has 0 aliphatic carbocycles. The van der Waals surface area contributed by atoms with Gasteiger partial charge in [-0.05, 0) is 12.1 Å². The summed E-state index contributed by atoms with van der Waals surface area (Å²) in [5.41, 5.74) is -0.222. The van der Waals surface area contributed by atoms with E-state index in [2.05, 4.69) is 17.2 Å². The molecule has 3 nitrogen and oxygen atoms in total. The second kappa shape index (κ2) is 5.97. The summed E-state index contributed by atoms with van der Waals surface area (Å²) in [6.07, 6.45) is 0. The molecule has 0 bridgehead atoms. The van der Waals surface area contributed by atoms with E-state index >= 15 is 0 Å². The minimum absolute atomic E-state index is 0.111. The second-order valence-corrected chi connectivity index (χ2v) is 3.29. The molecule has 0 spiro atoms. The molecule has 0 aliphatic heterocycles. The summed E-state index contributed by atoms with van der Waals surface area (Å²) in [6.45, 7) is 0.759. The van der Waals surface area contributed by atoms with E-state index in [0.29, 0.717) is 0 Å². The molecule has 0 atom stereocenters. The van der Waals surface area contributed by atoms with Crippen LogP contribution in [-0.2, 0) is 11.4 Å². The van der Waals surface area contributed by atoms with Gasteiger partial charge in [-0.15, -0.1) is 0 Å². The van der Waals surface area contributed by atoms with Gasteiger partial charge in [0.2, 0.25) is 5.91 Å². The summed E-state index contributed by atoms with van der Waals surface area (Å²) in [6, 6.07) is 2.07. The Hall–Kier alpha value is -1.93. The standard InChI is InChI=1S/C12H11F2NO2/c1-8(17)15-4-2-3-9-5-11(13)10(7-16)12(14)6-9/h5-6,16H,4,7H2,1H3,(H,15,17). The average molecular weight is 239 g/mol. The zero-order chi connectivity index (χ0) is 12.8. The van der Waals surface area contributed by atoms with Crippen LogP contribution in [0.25, 0.3) is 0 Å². The highest BCUT2D eigenvalue weighted by Crippen LogP contribution is 2.14. The van der Waals surface area contributed by atoms with Crippen LogP contribution in [0.5, 0.6) is 0 Å². The van der Waals surface area contributed by atoms with Crippen molar-refractivity contribution in [3.63, 3.8) is 0 Å². The minimum atomic E-state index is -0.837. The van der Waals surface area contributed by atoms with E-state index in [9.17, 15) is 13.6 Å². The molecule has 0 saturated carbocycles. The fourth-order valence-corrected chi connectivity index (χ4v) is 1.14. The van der Waals surface area contributed by atoms with E-state index in [1.165, 1.54) is 6.92 Å². The van der Waals surface area contributed by atoms with Crippen molar-refractivity contribution in [3.05, 3.63) is 34.9 Å². The first-order chi connectivity index (χ1) is 8.04. The molecular weight excluding hydrogens is 228 g/mol. The van der Waals surface area contributed by atoms with E-state index in [-0.39, 0.29) is 23.6 Å². The van der Waals surface area contributed by atoms with Gasteiger partial charge in [-0.25, -0.2) is 8.78 Å². The molecule has 0 heterocycles. The third-order valence-corrected chi connectivity index (χ3v) is 1.96. The maximum atomic E-state index is 13.2. The van der Waals surface area contributed by atoms with Crippen molar-refractivity contribution in [3.8, 4) is 11.8 Å². The van der Waals surface area contributed by atoms with E-state index in [1.807, 2.05) is 0 Å². The van der Waals surface area contributed by atoms with Crippen molar-refractivity contribution in [1.29, 1.82) is 0 Å². The number of hydrogen-bond donors (Lipinski definition) is 2. The van der Waals surface area contributed by atoms with E-state index < -0.39 is 18.2 Å². The molecule has 17 heavy (non-hydrogen) atoms. The van der Waals surface area contributed by atoms with E-state index in [1.54, 1.807) is 0 Å². The van der Waals surface area contributed by atoms with Gasteiger partial charge in [0.15, 0.2) is 0 Å². The van der Waals surface area contributed by atoms with Crippen molar-refractivity contribution < 1.29 is 18.7 Å². The van der Waals surface area contributed by atoms with Crippen LogP contribution < -0.4 is 5.32 Å². The first-order valence-electron chi connectivity index (χ1n) is 4.86. The predicted octanol–water partition coefficient (Wildman–Crippen LogP) is 0.945. The molecular formula is C12H11F2NO2. The topological polar surface area (TPSA) is 49.3 Å². The number of aliphatic hydroxyl groups excluding tert-OH is 1. The summed E-state index contributed by atoms with van der Waals surface area (Å²) in [4.78, 5) is 10.5. The lowest BCUT2D eigenvalue weighted by atomic mass is 10.1. The Bertz CT molecular complexity index is 466. The zero-order valence-corrected chi connectivity index (χ0v) is 9.18. The van der Waals surface area contributed by atoms with Gasteiger partial charge in [0.1, 0.15) is 11.6 Å². The maximum Gasteiger partial charge on any atom is 0.217 e. The number of rotatable bonds is 2. The van der Waals surface area contributed by atoms with Crippen LogP contribution >= 0.6 is 0 Å². The van der Waals surface area contributed by atoms with Crippen molar-refractivity contribution in [2.75, 3.05) is 6.54 Å². The van der Waals surface area contributed by atoms with Crippen LogP contribution in [0.3, 0.4) is 0 Å². The number of hydrogen-bond acceptors (Lipinski definition) is 2. The molecule has 5 heteroatoms. The van der Waals surface area contributed by atoms with Gasteiger partial charge >= 0.3 is 0 Å². The van der Waals surface area contributed by atoms with Gasteiger partial charge < -0.3 is 10.4 Å². The van der Waals surface area contributed by atoms with Gasteiger partial charge in [0.05, 0.1) is 13.2 Å². The first kappa shape index (κ1) is 13.1. The number of nitrogens with one attached hydrogen (secondary N) is 1. The lowest BCUT2D eigenvalue weighted by Crippen LogP contribution is -2.19. The number of benzene rings is 1. The monoisotopic (exact) mass is 239 g/mol. The number of carbonyl (C=O) groups is 1. The summed E-state index contributed by atoms with van der Waals surface area (Å²) in [5.74, 6) is 3.15. The van der Waals surface area contributed by atoms with Crippen molar-refractivity contribution in [2.24, 2.45) is 0 Å². The molecule has 1 aromatic rings. The number of aliphatic hydroxyl groups is 1. The van der Waals surface area contributed by atoms with Crippen LogP contribution in [0, 0.1) is 23.5 Å². The van der Waals surface area contributed by atoms with Gasteiger partial charge in [-0.1, -0.05) is 11.8 Å². The zero-order valence-electron chi connectivity index (χ0n) is 9.18. The highest BCUT2D eigenvalue weighted by Gasteiger charge is 2.08. The summed E-state index contributed by atoms with van der Waals surface area (Å²) in [7, 11) is 0. The Morgan fingerprint density at radius 2 is 2.00 bits per heavy atom. The average Bonchev–Trinajstić information content (AvgIpc) is 2.24. The second-order valence-electron chi connectivity index (χ2n) is 3.29. The van der Waals surface area contributed by atoms with Gasteiger partial charge in [-0.2, -0.15) is 0 Å². The lowest BCUT2D eigenvalue weighted by Gasteiger charge is -2.01. The van der Waals surface area contributed by atoms with Crippen LogP contribution in [0.1, 0.15) is 18.1 Å². The molecule has 0 saturated heterocycles. The Morgan fingerprint density at radius 1 is 1.41 bits per heavy atom. The minimum Gasteiger partial charge on any atom is -0.391 e. The normalized spacial score (nSPS) is 9.41. The third-order valence-electron chi connectivity index (χ3n) is 1.96. The summed E-state index contributed by atoms with van der Waals surface area (Å²) >= 11 is 0. The van der Waals surface area contributed by atoms with Crippen molar-refractivity contribution >= 4 is 5.91 Å². The summed E-state index contributed by atoms with van der Waals surface area (Å²) in [5, 5.41) is 11.1. The molecule has 0 aliphatic rings. The van der Waals surface area contributed by atoms with E-state index in [0.717, 1.165) is 12.1 Å². The maximum absolute atomic E-state index is 13.2. The molecule has 90 valence electrons. The van der Waals surface area contributed by atoms with Crippen LogP contribution in [0.2, 0.25) is 0 Å². The predicted molar refractivity (Wildman–Crippen MR) is 57.8 cm³/mol. The quantitative estimate of drug-likeness (QED) is 0.755. The van der Waals surface area contributed by atoms with Gasteiger partial charge in [0.25, 0.3) is 0 Å². The fraction of sp³-hybridized carbons (Fsp3) is 0.250. The molecule has 0 aromatic heterocycles. The molecule has 0 unspecified atom stereocenters. The Morgan fingerprint density at radius 3 is 2.47 bits per heavy atom. The van der Waals surface area contributed by atoms with Crippen LogP contribution in [0.15, 0.2) is 12.1 Å². The molecule has 2 N–H and O–H groups in total. The largest absolute Gasteiger partial charge is 0.391 e. The smallest absolute Gasteiger partial charge is 0.217 e. The van der Waals surface area contributed by atoms with Crippen LogP contribution in [-0.4, -0.2) is 17.6 Å². The van der Waals surface area contributed by atoms with Crippen molar-refractivity contribution in [2.45, 2.75) is 13.5 Å². The first-order valence-corrected chi connectivity index (χ1v) is 4.86. The summed E-state index contributed by atoms with van der Waals surface area (Å²) < 4.78 is 26.4. The van der Waals surface area contributed by atoms with Gasteiger partial charge in [0, 0.05) is 18.1 Å². The SMILES string of the molecule is CC(=O)NCC#Cc1cc(F)c(CO)c(F)c1. The number of amides is 1.